The fourth-order valence-corrected chi connectivity index (χ4v) is 2.79. The van der Waals surface area contributed by atoms with Crippen LogP contribution in [-0.4, -0.2) is 45.2 Å². The molecule has 142 valence electrons. The lowest BCUT2D eigenvalue weighted by Gasteiger charge is -2.24. The first-order valence-electron chi connectivity index (χ1n) is 8.68. The monoisotopic (exact) mass is 370 g/mol. The van der Waals surface area contributed by atoms with E-state index in [9.17, 15) is 9.59 Å². The van der Waals surface area contributed by atoms with E-state index in [1.54, 1.807) is 54.5 Å². The van der Waals surface area contributed by atoms with E-state index in [-0.39, 0.29) is 11.8 Å². The molecular weight excluding hydrogens is 348 g/mol. The predicted molar refractivity (Wildman–Crippen MR) is 101 cm³/mol. The molecule has 1 aliphatic rings. The topological polar surface area (TPSA) is 77.1 Å². The highest BCUT2D eigenvalue weighted by atomic mass is 16.6. The van der Waals surface area contributed by atoms with E-state index < -0.39 is 0 Å². The van der Waals surface area contributed by atoms with E-state index in [0.29, 0.717) is 54.8 Å². The fourth-order valence-electron chi connectivity index (χ4n) is 2.79. The van der Waals surface area contributed by atoms with Crippen molar-refractivity contribution in [2.24, 2.45) is 0 Å². The Labute approximate surface area is 157 Å². The Balaban J connectivity index is 1.61. The summed E-state index contributed by atoms with van der Waals surface area (Å²) in [4.78, 5) is 25.9. The third-order valence-electron chi connectivity index (χ3n) is 4.19. The zero-order valence-corrected chi connectivity index (χ0v) is 15.4. The number of anilines is 1. The van der Waals surface area contributed by atoms with Crippen molar-refractivity contribution in [3.8, 4) is 17.2 Å². The second kappa shape index (κ2) is 8.44. The predicted octanol–water partition coefficient (Wildman–Crippen LogP) is 2.25. The minimum atomic E-state index is -0.205. The number of carbonyl (C=O) groups excluding carboxylic acids is 2. The third kappa shape index (κ3) is 4.49. The van der Waals surface area contributed by atoms with E-state index in [1.165, 1.54) is 6.92 Å². The Morgan fingerprint density at radius 1 is 1.07 bits per heavy atom. The molecule has 2 aromatic rings. The van der Waals surface area contributed by atoms with Gasteiger partial charge in [-0.25, -0.2) is 0 Å². The quantitative estimate of drug-likeness (QED) is 0.844. The molecule has 0 unspecified atom stereocenters. The molecule has 0 atom stereocenters. The van der Waals surface area contributed by atoms with Crippen LogP contribution >= 0.6 is 0 Å². The molecule has 0 radical (unpaired) electrons. The molecule has 2 aromatic carbocycles. The summed E-state index contributed by atoms with van der Waals surface area (Å²) in [6.45, 7) is 3.15. The summed E-state index contributed by atoms with van der Waals surface area (Å²) in [5.41, 5.74) is 1.23. The average molecular weight is 370 g/mol. The Morgan fingerprint density at radius 2 is 1.78 bits per heavy atom. The van der Waals surface area contributed by atoms with Crippen molar-refractivity contribution in [3.63, 3.8) is 0 Å². The van der Waals surface area contributed by atoms with Gasteiger partial charge in [-0.05, 0) is 36.4 Å². The Bertz CT molecular complexity index is 820. The molecule has 0 fully saturated rings. The number of hydrogen-bond acceptors (Lipinski definition) is 5. The Morgan fingerprint density at radius 3 is 2.44 bits per heavy atom. The van der Waals surface area contributed by atoms with Gasteiger partial charge in [0.25, 0.3) is 5.91 Å². The standard InChI is InChI=1S/C20H22N2O5/c1-14(23)22(16-5-8-18-19(13-16)27-12-11-26-18)10-9-21-20(24)15-3-6-17(25-2)7-4-15/h3-8,13H,9-12H2,1-2H3,(H,21,24). The lowest BCUT2D eigenvalue weighted by molar-refractivity contribution is -0.116. The van der Waals surface area contributed by atoms with Gasteiger partial charge in [-0.1, -0.05) is 0 Å². The van der Waals surface area contributed by atoms with Crippen LogP contribution in [0, 0.1) is 0 Å². The highest BCUT2D eigenvalue weighted by Crippen LogP contribution is 2.33. The lowest BCUT2D eigenvalue weighted by Crippen LogP contribution is -2.37. The molecule has 0 aromatic heterocycles. The molecule has 27 heavy (non-hydrogen) atoms. The average Bonchev–Trinajstić information content (AvgIpc) is 2.70. The van der Waals surface area contributed by atoms with Crippen LogP contribution in [0.15, 0.2) is 42.5 Å². The van der Waals surface area contributed by atoms with Crippen LogP contribution < -0.4 is 24.4 Å². The highest BCUT2D eigenvalue weighted by Gasteiger charge is 2.17. The number of benzene rings is 2. The first-order valence-corrected chi connectivity index (χ1v) is 8.68. The number of rotatable bonds is 6. The van der Waals surface area contributed by atoms with Gasteiger partial charge in [0.05, 0.1) is 7.11 Å². The minimum absolute atomic E-state index is 0.120. The van der Waals surface area contributed by atoms with E-state index in [4.69, 9.17) is 14.2 Å². The summed E-state index contributed by atoms with van der Waals surface area (Å²) in [6.07, 6.45) is 0. The normalized spacial score (nSPS) is 12.2. The summed E-state index contributed by atoms with van der Waals surface area (Å²) >= 11 is 0. The molecule has 3 rings (SSSR count). The van der Waals surface area contributed by atoms with Gasteiger partial charge in [0, 0.05) is 37.3 Å². The Hall–Kier alpha value is -3.22. The van der Waals surface area contributed by atoms with Crippen molar-refractivity contribution < 1.29 is 23.8 Å². The maximum Gasteiger partial charge on any atom is 0.251 e. The molecule has 0 bridgehead atoms. The summed E-state index contributed by atoms with van der Waals surface area (Å²) in [5.74, 6) is 1.65. The van der Waals surface area contributed by atoms with Crippen molar-refractivity contribution in [3.05, 3.63) is 48.0 Å². The largest absolute Gasteiger partial charge is 0.497 e. The first-order chi connectivity index (χ1) is 13.1. The Kier molecular flexibility index (Phi) is 5.80. The molecule has 7 heteroatoms. The van der Waals surface area contributed by atoms with Gasteiger partial charge in [-0.15, -0.1) is 0 Å². The van der Waals surface area contributed by atoms with Crippen molar-refractivity contribution in [2.75, 3.05) is 38.3 Å². The van der Waals surface area contributed by atoms with Gasteiger partial charge in [0.15, 0.2) is 11.5 Å². The van der Waals surface area contributed by atoms with E-state index in [2.05, 4.69) is 5.32 Å². The van der Waals surface area contributed by atoms with Crippen LogP contribution in [-0.2, 0) is 4.79 Å². The number of carbonyl (C=O) groups is 2. The molecule has 1 heterocycles. The number of ether oxygens (including phenoxy) is 3. The molecule has 0 saturated heterocycles. The van der Waals surface area contributed by atoms with Gasteiger partial charge in [-0.2, -0.15) is 0 Å². The number of methoxy groups -OCH3 is 1. The zero-order valence-electron chi connectivity index (χ0n) is 15.4. The van der Waals surface area contributed by atoms with Crippen molar-refractivity contribution in [2.45, 2.75) is 6.92 Å². The molecule has 1 aliphatic heterocycles. The minimum Gasteiger partial charge on any atom is -0.497 e. The summed E-state index contributed by atoms with van der Waals surface area (Å²) in [6, 6.07) is 12.2. The first kappa shape index (κ1) is 18.6. The number of nitrogens with one attached hydrogen (secondary N) is 1. The van der Waals surface area contributed by atoms with Gasteiger partial charge in [-0.3, -0.25) is 9.59 Å². The zero-order chi connectivity index (χ0) is 19.2. The van der Waals surface area contributed by atoms with Gasteiger partial charge in [0.2, 0.25) is 5.91 Å². The molecule has 0 saturated carbocycles. The number of amides is 2. The summed E-state index contributed by atoms with van der Waals surface area (Å²) in [5, 5.41) is 2.82. The van der Waals surface area contributed by atoms with E-state index >= 15 is 0 Å². The SMILES string of the molecule is COc1ccc(C(=O)NCCN(C(C)=O)c2ccc3c(c2)OCCO3)cc1. The lowest BCUT2D eigenvalue weighted by atomic mass is 10.2. The van der Waals surface area contributed by atoms with Crippen LogP contribution in [0.25, 0.3) is 0 Å². The van der Waals surface area contributed by atoms with Crippen LogP contribution in [0.5, 0.6) is 17.2 Å². The van der Waals surface area contributed by atoms with E-state index in [0.717, 1.165) is 0 Å². The maximum absolute atomic E-state index is 12.2. The fraction of sp³-hybridized carbons (Fsp3) is 0.300. The molecule has 7 nitrogen and oxygen atoms in total. The number of fused-ring (bicyclic) bond motifs is 1. The highest BCUT2D eigenvalue weighted by molar-refractivity contribution is 5.95. The van der Waals surface area contributed by atoms with Gasteiger partial charge < -0.3 is 24.4 Å². The molecule has 1 N–H and O–H groups in total. The maximum atomic E-state index is 12.2. The van der Waals surface area contributed by atoms with Crippen LogP contribution in [0.2, 0.25) is 0 Å². The summed E-state index contributed by atoms with van der Waals surface area (Å²) in [7, 11) is 1.57. The molecule has 0 spiro atoms. The second-order valence-corrected chi connectivity index (χ2v) is 5.98. The van der Waals surface area contributed by atoms with E-state index in [1.807, 2.05) is 0 Å². The smallest absolute Gasteiger partial charge is 0.251 e. The van der Waals surface area contributed by atoms with Crippen LogP contribution in [0.3, 0.4) is 0 Å². The summed E-state index contributed by atoms with van der Waals surface area (Å²) < 4.78 is 16.2. The number of nitrogens with zero attached hydrogens (tertiary/aromatic N) is 1. The van der Waals surface area contributed by atoms with Crippen molar-refractivity contribution in [1.82, 2.24) is 5.32 Å². The van der Waals surface area contributed by atoms with Crippen LogP contribution in [0.4, 0.5) is 5.69 Å². The van der Waals surface area contributed by atoms with Crippen molar-refractivity contribution >= 4 is 17.5 Å². The molecule has 0 aliphatic carbocycles. The molecular formula is C20H22N2O5. The third-order valence-corrected chi connectivity index (χ3v) is 4.19. The molecule has 2 amide bonds. The number of hydrogen-bond donors (Lipinski definition) is 1. The van der Waals surface area contributed by atoms with Gasteiger partial charge in [0.1, 0.15) is 19.0 Å². The van der Waals surface area contributed by atoms with Gasteiger partial charge >= 0.3 is 0 Å². The van der Waals surface area contributed by atoms with Crippen molar-refractivity contribution in [1.29, 1.82) is 0 Å². The second-order valence-electron chi connectivity index (χ2n) is 5.98. The van der Waals surface area contributed by atoms with Crippen LogP contribution in [0.1, 0.15) is 17.3 Å².